The van der Waals surface area contributed by atoms with Crippen LogP contribution in [0.3, 0.4) is 0 Å². The molecule has 0 bridgehead atoms. The molecule has 0 saturated heterocycles. The Hall–Kier alpha value is -2.13. The maximum atomic E-state index is 13.9. The van der Waals surface area contributed by atoms with Crippen LogP contribution in [-0.4, -0.2) is 5.76 Å². The van der Waals surface area contributed by atoms with E-state index in [9.17, 15) is 13.2 Å². The van der Waals surface area contributed by atoms with Gasteiger partial charge in [0.1, 0.15) is 11.9 Å². The number of hydrogen-bond donors (Lipinski definition) is 1. The van der Waals surface area contributed by atoms with Crippen LogP contribution in [0.4, 0.5) is 18.9 Å². The number of rotatable bonds is 5. The van der Waals surface area contributed by atoms with E-state index in [1.54, 1.807) is 42.5 Å². The summed E-state index contributed by atoms with van der Waals surface area (Å²) in [4.78, 5) is 0.393. The van der Waals surface area contributed by atoms with E-state index in [0.29, 0.717) is 27.9 Å². The molecule has 0 heterocycles. The Morgan fingerprint density at radius 2 is 1.90 bits per heavy atom. The van der Waals surface area contributed by atoms with Crippen molar-refractivity contribution in [2.24, 2.45) is 0 Å². The molecule has 0 aliphatic rings. The van der Waals surface area contributed by atoms with Crippen LogP contribution in [0.2, 0.25) is 0 Å². The second-order valence-corrected chi connectivity index (χ2v) is 5.15. The topological polar surface area (TPSA) is 35.8 Å². The molecule has 1 N–H and O–H groups in total. The second-order valence-electron chi connectivity index (χ2n) is 4.12. The molecule has 0 aliphatic carbocycles. The minimum atomic E-state index is -2.52. The Kier molecular flexibility index (Phi) is 5.12. The van der Waals surface area contributed by atoms with Crippen LogP contribution >= 0.6 is 11.8 Å². The van der Waals surface area contributed by atoms with Crippen molar-refractivity contribution in [2.75, 3.05) is 5.32 Å². The number of nitrogens with zero attached hydrogens (tertiary/aromatic N) is 1. The third kappa shape index (κ3) is 3.92. The number of halogens is 3. The van der Waals surface area contributed by atoms with Crippen molar-refractivity contribution in [3.05, 3.63) is 59.4 Å². The second kappa shape index (κ2) is 7.04. The van der Waals surface area contributed by atoms with E-state index in [0.717, 1.165) is 0 Å². The van der Waals surface area contributed by atoms with Gasteiger partial charge in [-0.2, -0.15) is 14.0 Å². The number of benzene rings is 2. The number of hydrogen-bond acceptors (Lipinski definition) is 3. The summed E-state index contributed by atoms with van der Waals surface area (Å²) < 4.78 is 38.8. The van der Waals surface area contributed by atoms with Gasteiger partial charge >= 0.3 is 0 Å². The first-order chi connectivity index (χ1) is 10.1. The Morgan fingerprint density at radius 3 is 2.62 bits per heavy atom. The summed E-state index contributed by atoms with van der Waals surface area (Å²) in [5.41, 5.74) is 0.778. The molecule has 0 radical (unpaired) electrons. The van der Waals surface area contributed by atoms with Gasteiger partial charge < -0.3 is 5.32 Å². The molecular weight excluding hydrogens is 297 g/mol. The summed E-state index contributed by atoms with van der Waals surface area (Å²) in [6.45, 7) is 0.113. The fourth-order valence-corrected chi connectivity index (χ4v) is 2.42. The molecule has 2 rings (SSSR count). The fraction of sp³-hybridized carbons (Fsp3) is 0.133. The Morgan fingerprint density at radius 1 is 1.14 bits per heavy atom. The largest absolute Gasteiger partial charge is 0.380 e. The van der Waals surface area contributed by atoms with Crippen LogP contribution in [0.15, 0.2) is 47.4 Å². The van der Waals surface area contributed by atoms with Crippen molar-refractivity contribution in [3.63, 3.8) is 0 Å². The van der Waals surface area contributed by atoms with Crippen molar-refractivity contribution < 1.29 is 13.2 Å². The van der Waals surface area contributed by atoms with Gasteiger partial charge in [-0.1, -0.05) is 36.0 Å². The predicted octanol–water partition coefficient (Wildman–Crippen LogP) is 4.62. The third-order valence-corrected chi connectivity index (χ3v) is 3.56. The van der Waals surface area contributed by atoms with E-state index < -0.39 is 11.6 Å². The smallest absolute Gasteiger partial charge is 0.288 e. The van der Waals surface area contributed by atoms with Crippen molar-refractivity contribution in [1.82, 2.24) is 0 Å². The van der Waals surface area contributed by atoms with E-state index in [1.807, 2.05) is 0 Å². The van der Waals surface area contributed by atoms with Gasteiger partial charge in [0.25, 0.3) is 5.76 Å². The van der Waals surface area contributed by atoms with Crippen LogP contribution in [0.1, 0.15) is 11.1 Å². The molecule has 2 aromatic carbocycles. The van der Waals surface area contributed by atoms with Crippen molar-refractivity contribution in [3.8, 4) is 6.07 Å². The summed E-state index contributed by atoms with van der Waals surface area (Å²) in [6, 6.07) is 12.9. The molecule has 0 aliphatic heterocycles. The Labute approximate surface area is 124 Å². The minimum Gasteiger partial charge on any atom is -0.380 e. The van der Waals surface area contributed by atoms with Crippen molar-refractivity contribution in [2.45, 2.75) is 17.2 Å². The normalized spacial score (nSPS) is 10.4. The SMILES string of the molecule is N#Cc1cccc(CNc2ccccc2SC(F)F)c1F. The molecule has 2 aromatic rings. The van der Waals surface area contributed by atoms with E-state index >= 15 is 0 Å². The lowest BCUT2D eigenvalue weighted by Gasteiger charge is -2.12. The molecule has 0 spiro atoms. The standard InChI is InChI=1S/C15H11F3N2S/c16-14-10(8-19)4-3-5-11(14)9-20-12-6-1-2-7-13(12)21-15(17)18/h1-7,15,20H,9H2. The quantitative estimate of drug-likeness (QED) is 0.818. The van der Waals surface area contributed by atoms with Crippen LogP contribution in [0.5, 0.6) is 0 Å². The first-order valence-corrected chi connectivity index (χ1v) is 6.95. The first-order valence-electron chi connectivity index (χ1n) is 6.07. The van der Waals surface area contributed by atoms with Gasteiger partial charge in [-0.3, -0.25) is 0 Å². The molecular formula is C15H11F3N2S. The lowest BCUT2D eigenvalue weighted by molar-refractivity contribution is 0.252. The van der Waals surface area contributed by atoms with E-state index in [-0.39, 0.29) is 12.1 Å². The fourth-order valence-electron chi connectivity index (χ4n) is 1.80. The Balaban J connectivity index is 2.16. The van der Waals surface area contributed by atoms with Crippen LogP contribution in [-0.2, 0) is 6.54 Å². The molecule has 0 saturated carbocycles. The van der Waals surface area contributed by atoms with Gasteiger partial charge in [-0.05, 0) is 18.2 Å². The maximum absolute atomic E-state index is 13.9. The summed E-state index contributed by atoms with van der Waals surface area (Å²) in [5.74, 6) is -3.11. The lowest BCUT2D eigenvalue weighted by atomic mass is 10.1. The zero-order chi connectivity index (χ0) is 15.2. The molecule has 0 aromatic heterocycles. The molecule has 21 heavy (non-hydrogen) atoms. The van der Waals surface area contributed by atoms with Gasteiger partial charge in [0, 0.05) is 22.7 Å². The number of anilines is 1. The number of thioether (sulfide) groups is 1. The lowest BCUT2D eigenvalue weighted by Crippen LogP contribution is -2.04. The van der Waals surface area contributed by atoms with E-state index in [4.69, 9.17) is 5.26 Å². The maximum Gasteiger partial charge on any atom is 0.288 e. The van der Waals surface area contributed by atoms with Gasteiger partial charge in [-0.25, -0.2) is 4.39 Å². The average Bonchev–Trinajstić information content (AvgIpc) is 2.47. The third-order valence-electron chi connectivity index (χ3n) is 2.77. The van der Waals surface area contributed by atoms with Crippen molar-refractivity contribution >= 4 is 17.4 Å². The zero-order valence-corrected chi connectivity index (χ0v) is 11.6. The molecule has 0 fully saturated rings. The molecule has 2 nitrogen and oxygen atoms in total. The zero-order valence-electron chi connectivity index (χ0n) is 10.8. The number of alkyl halides is 2. The van der Waals surface area contributed by atoms with E-state index in [2.05, 4.69) is 5.32 Å². The number of para-hydroxylation sites is 1. The van der Waals surface area contributed by atoms with Gasteiger partial charge in [-0.15, -0.1) is 0 Å². The Bertz CT molecular complexity index is 668. The summed E-state index contributed by atoms with van der Waals surface area (Å²) >= 11 is 0.430. The number of nitrogens with one attached hydrogen (secondary N) is 1. The van der Waals surface area contributed by atoms with Crippen molar-refractivity contribution in [1.29, 1.82) is 5.26 Å². The highest BCUT2D eigenvalue weighted by Gasteiger charge is 2.11. The average molecular weight is 308 g/mol. The summed E-state index contributed by atoms with van der Waals surface area (Å²) in [5, 5.41) is 11.7. The van der Waals surface area contributed by atoms with Crippen LogP contribution in [0, 0.1) is 17.1 Å². The number of nitriles is 1. The highest BCUT2D eigenvalue weighted by Crippen LogP contribution is 2.32. The molecule has 0 unspecified atom stereocenters. The minimum absolute atomic E-state index is 0.0375. The first kappa shape index (κ1) is 15.3. The molecule has 108 valence electrons. The molecule has 6 heteroatoms. The molecule has 0 atom stereocenters. The monoisotopic (exact) mass is 308 g/mol. The van der Waals surface area contributed by atoms with Gasteiger partial charge in [0.05, 0.1) is 5.56 Å². The van der Waals surface area contributed by atoms with Gasteiger partial charge in [0.2, 0.25) is 0 Å². The van der Waals surface area contributed by atoms with Crippen LogP contribution < -0.4 is 5.32 Å². The predicted molar refractivity (Wildman–Crippen MR) is 76.7 cm³/mol. The van der Waals surface area contributed by atoms with E-state index in [1.165, 1.54) is 6.07 Å². The summed E-state index contributed by atoms with van der Waals surface area (Å²) in [7, 11) is 0. The van der Waals surface area contributed by atoms with Crippen LogP contribution in [0.25, 0.3) is 0 Å². The highest BCUT2D eigenvalue weighted by atomic mass is 32.2. The van der Waals surface area contributed by atoms with Gasteiger partial charge in [0.15, 0.2) is 0 Å². The molecule has 0 amide bonds. The summed E-state index contributed by atoms with van der Waals surface area (Å²) in [6.07, 6.45) is 0. The highest BCUT2D eigenvalue weighted by molar-refractivity contribution is 7.99.